The van der Waals surface area contributed by atoms with Gasteiger partial charge in [0, 0.05) is 32.1 Å². The fourth-order valence-corrected chi connectivity index (χ4v) is 1.26. The van der Waals surface area contributed by atoms with Crippen LogP contribution in [0.5, 0.6) is 0 Å². The number of nitrogens with zero attached hydrogens (tertiary/aromatic N) is 1. The number of nitrogens with two attached hydrogens (primary N) is 1. The van der Waals surface area contributed by atoms with Gasteiger partial charge in [0.2, 0.25) is 0 Å². The first kappa shape index (κ1) is 9.28. The van der Waals surface area contributed by atoms with Crippen LogP contribution in [0.15, 0.2) is 0 Å². The number of aliphatic hydroxyl groups is 1. The molecule has 2 amide bonds. The maximum absolute atomic E-state index is 10.5. The van der Waals surface area contributed by atoms with Gasteiger partial charge < -0.3 is 21.1 Å². The third-order valence-electron chi connectivity index (χ3n) is 1.99. The number of amides is 2. The molecule has 0 bridgehead atoms. The molecule has 1 saturated heterocycles. The van der Waals surface area contributed by atoms with Crippen LogP contribution in [0.4, 0.5) is 4.79 Å². The Bertz CT molecular complexity index is 157. The van der Waals surface area contributed by atoms with Crippen molar-refractivity contribution >= 4 is 6.03 Å². The van der Waals surface area contributed by atoms with Crippen LogP contribution in [0.1, 0.15) is 0 Å². The second kappa shape index (κ2) is 4.27. The van der Waals surface area contributed by atoms with Crippen LogP contribution in [-0.4, -0.2) is 48.8 Å². The number of likely N-dealkylation sites (tertiary alicyclic amines) is 1. The van der Waals surface area contributed by atoms with Gasteiger partial charge in [0.05, 0.1) is 6.61 Å². The smallest absolute Gasteiger partial charge is 0.314 e. The predicted octanol–water partition coefficient (Wildman–Crippen LogP) is -1.42. The average molecular weight is 173 g/mol. The number of carbonyl (C=O) groups is 1. The maximum atomic E-state index is 10.5. The van der Waals surface area contributed by atoms with E-state index in [1.807, 2.05) is 0 Å². The molecule has 0 saturated carbocycles. The number of urea groups is 1. The molecule has 12 heavy (non-hydrogen) atoms. The lowest BCUT2D eigenvalue weighted by atomic mass is 10.0. The minimum Gasteiger partial charge on any atom is -0.395 e. The first-order valence-electron chi connectivity index (χ1n) is 4.10. The zero-order valence-corrected chi connectivity index (χ0v) is 6.99. The number of carbonyl (C=O) groups excluding carboxylic acids is 1. The van der Waals surface area contributed by atoms with Crippen LogP contribution in [-0.2, 0) is 0 Å². The number of aliphatic hydroxyl groups excluding tert-OH is 1. The summed E-state index contributed by atoms with van der Waals surface area (Å²) in [7, 11) is 0. The minimum absolute atomic E-state index is 0.159. The molecule has 0 atom stereocenters. The van der Waals surface area contributed by atoms with Gasteiger partial charge in [0.15, 0.2) is 0 Å². The van der Waals surface area contributed by atoms with Gasteiger partial charge in [0.1, 0.15) is 0 Å². The Morgan fingerprint density at radius 3 is 2.83 bits per heavy atom. The standard InChI is InChI=1S/C7H15N3O2/c8-7(12)10-4-6(5-10)3-9-1-2-11/h6,9,11H,1-5H2,(H2,8,12). The Kier molecular flexibility index (Phi) is 3.31. The summed E-state index contributed by atoms with van der Waals surface area (Å²) in [6.07, 6.45) is 0. The van der Waals surface area contributed by atoms with Crippen LogP contribution < -0.4 is 11.1 Å². The zero-order chi connectivity index (χ0) is 8.97. The summed E-state index contributed by atoms with van der Waals surface area (Å²) in [5.41, 5.74) is 5.04. The molecule has 5 nitrogen and oxygen atoms in total. The third kappa shape index (κ3) is 2.35. The number of hydrogen-bond acceptors (Lipinski definition) is 3. The second-order valence-corrected chi connectivity index (χ2v) is 3.04. The zero-order valence-electron chi connectivity index (χ0n) is 6.99. The summed E-state index contributed by atoms with van der Waals surface area (Å²) in [5.74, 6) is 0.504. The van der Waals surface area contributed by atoms with E-state index in [-0.39, 0.29) is 12.6 Å². The van der Waals surface area contributed by atoms with E-state index in [0.29, 0.717) is 12.5 Å². The van der Waals surface area contributed by atoms with E-state index < -0.39 is 0 Å². The Hall–Kier alpha value is -0.810. The normalized spacial score (nSPS) is 17.6. The Morgan fingerprint density at radius 1 is 1.67 bits per heavy atom. The fourth-order valence-electron chi connectivity index (χ4n) is 1.26. The lowest BCUT2D eigenvalue weighted by Gasteiger charge is -2.38. The summed E-state index contributed by atoms with van der Waals surface area (Å²) >= 11 is 0. The van der Waals surface area contributed by atoms with Crippen molar-refractivity contribution in [3.8, 4) is 0 Å². The van der Waals surface area contributed by atoms with Gasteiger partial charge in [-0.15, -0.1) is 0 Å². The molecular weight excluding hydrogens is 158 g/mol. The Balaban J connectivity index is 1.98. The number of hydrogen-bond donors (Lipinski definition) is 3. The van der Waals surface area contributed by atoms with Crippen molar-refractivity contribution in [1.29, 1.82) is 0 Å². The van der Waals surface area contributed by atoms with Crippen LogP contribution in [0, 0.1) is 5.92 Å². The molecule has 1 heterocycles. The van der Waals surface area contributed by atoms with E-state index in [1.165, 1.54) is 0 Å². The highest BCUT2D eigenvalue weighted by molar-refractivity contribution is 5.72. The highest BCUT2D eigenvalue weighted by Gasteiger charge is 2.28. The molecular formula is C7H15N3O2. The highest BCUT2D eigenvalue weighted by atomic mass is 16.3. The van der Waals surface area contributed by atoms with Crippen molar-refractivity contribution in [2.75, 3.05) is 32.8 Å². The van der Waals surface area contributed by atoms with E-state index in [1.54, 1.807) is 4.90 Å². The monoisotopic (exact) mass is 173 g/mol. The van der Waals surface area contributed by atoms with Crippen LogP contribution in [0.25, 0.3) is 0 Å². The summed E-state index contributed by atoms with van der Waals surface area (Å²) in [4.78, 5) is 12.1. The molecule has 70 valence electrons. The molecule has 0 aliphatic carbocycles. The van der Waals surface area contributed by atoms with Crippen molar-refractivity contribution in [3.05, 3.63) is 0 Å². The molecule has 0 spiro atoms. The van der Waals surface area contributed by atoms with Crippen LogP contribution in [0.2, 0.25) is 0 Å². The molecule has 0 radical (unpaired) electrons. The van der Waals surface area contributed by atoms with E-state index in [0.717, 1.165) is 19.6 Å². The first-order valence-corrected chi connectivity index (χ1v) is 4.10. The quantitative estimate of drug-likeness (QED) is 0.456. The van der Waals surface area contributed by atoms with E-state index in [2.05, 4.69) is 5.32 Å². The van der Waals surface area contributed by atoms with Crippen LogP contribution >= 0.6 is 0 Å². The van der Waals surface area contributed by atoms with Crippen molar-refractivity contribution in [1.82, 2.24) is 10.2 Å². The third-order valence-corrected chi connectivity index (χ3v) is 1.99. The van der Waals surface area contributed by atoms with Gasteiger partial charge in [-0.3, -0.25) is 0 Å². The van der Waals surface area contributed by atoms with E-state index in [9.17, 15) is 4.79 Å². The van der Waals surface area contributed by atoms with Gasteiger partial charge in [-0.2, -0.15) is 0 Å². The molecule has 0 aromatic rings. The predicted molar refractivity (Wildman–Crippen MR) is 44.6 cm³/mol. The number of primary amides is 1. The lowest BCUT2D eigenvalue weighted by molar-refractivity contribution is 0.125. The van der Waals surface area contributed by atoms with Gasteiger partial charge in [-0.1, -0.05) is 0 Å². The minimum atomic E-state index is -0.339. The molecule has 0 aromatic heterocycles. The summed E-state index contributed by atoms with van der Waals surface area (Å²) in [6.45, 7) is 3.12. The van der Waals surface area contributed by atoms with Crippen LogP contribution in [0.3, 0.4) is 0 Å². The molecule has 1 aliphatic heterocycles. The highest BCUT2D eigenvalue weighted by Crippen LogP contribution is 2.12. The molecule has 4 N–H and O–H groups in total. The fraction of sp³-hybridized carbons (Fsp3) is 0.857. The average Bonchev–Trinajstić information content (AvgIpc) is 1.93. The molecule has 1 rings (SSSR count). The topological polar surface area (TPSA) is 78.6 Å². The van der Waals surface area contributed by atoms with E-state index in [4.69, 9.17) is 10.8 Å². The lowest BCUT2D eigenvalue weighted by Crippen LogP contribution is -2.55. The number of nitrogens with one attached hydrogen (secondary N) is 1. The molecule has 0 aromatic carbocycles. The van der Waals surface area contributed by atoms with Gasteiger partial charge in [0.25, 0.3) is 0 Å². The number of rotatable bonds is 4. The van der Waals surface area contributed by atoms with Crippen molar-refractivity contribution in [2.45, 2.75) is 0 Å². The van der Waals surface area contributed by atoms with Gasteiger partial charge in [-0.25, -0.2) is 4.79 Å². The first-order chi connectivity index (χ1) is 5.74. The van der Waals surface area contributed by atoms with Crippen molar-refractivity contribution in [3.63, 3.8) is 0 Å². The second-order valence-electron chi connectivity index (χ2n) is 3.04. The summed E-state index contributed by atoms with van der Waals surface area (Å²) in [6, 6.07) is -0.339. The van der Waals surface area contributed by atoms with Gasteiger partial charge >= 0.3 is 6.03 Å². The SMILES string of the molecule is NC(=O)N1CC(CNCCO)C1. The Morgan fingerprint density at radius 2 is 2.33 bits per heavy atom. The molecule has 1 fully saturated rings. The molecule has 5 heteroatoms. The maximum Gasteiger partial charge on any atom is 0.314 e. The largest absolute Gasteiger partial charge is 0.395 e. The summed E-state index contributed by atoms with van der Waals surface area (Å²) in [5, 5.41) is 11.5. The summed E-state index contributed by atoms with van der Waals surface area (Å²) < 4.78 is 0. The van der Waals surface area contributed by atoms with Gasteiger partial charge in [-0.05, 0) is 0 Å². The van der Waals surface area contributed by atoms with E-state index >= 15 is 0 Å². The molecule has 1 aliphatic rings. The molecule has 0 unspecified atom stereocenters. The van der Waals surface area contributed by atoms with Crippen molar-refractivity contribution in [2.24, 2.45) is 11.7 Å². The van der Waals surface area contributed by atoms with Crippen molar-refractivity contribution < 1.29 is 9.90 Å². The Labute approximate surface area is 71.5 Å².